The van der Waals surface area contributed by atoms with Crippen molar-refractivity contribution in [3.63, 3.8) is 0 Å². The van der Waals surface area contributed by atoms with Gasteiger partial charge in [-0.05, 0) is 23.2 Å². The molecular formula is C7H6BrF2N. The SMILES string of the molecule is FC(F)n1cccc1/C=C/Br. The highest BCUT2D eigenvalue weighted by Gasteiger charge is 2.06. The van der Waals surface area contributed by atoms with Gasteiger partial charge in [0.25, 0.3) is 0 Å². The lowest BCUT2D eigenvalue weighted by molar-refractivity contribution is 0.0701. The molecule has 1 nitrogen and oxygen atoms in total. The summed E-state index contributed by atoms with van der Waals surface area (Å²) in [5, 5.41) is 0. The van der Waals surface area contributed by atoms with E-state index in [2.05, 4.69) is 15.9 Å². The summed E-state index contributed by atoms with van der Waals surface area (Å²) in [6.45, 7) is -2.47. The van der Waals surface area contributed by atoms with Gasteiger partial charge in [-0.2, -0.15) is 8.78 Å². The average Bonchev–Trinajstić information content (AvgIpc) is 2.36. The van der Waals surface area contributed by atoms with Crippen LogP contribution in [0.25, 0.3) is 6.08 Å². The van der Waals surface area contributed by atoms with Crippen molar-refractivity contribution in [1.29, 1.82) is 0 Å². The first-order valence-corrected chi connectivity index (χ1v) is 3.89. The summed E-state index contributed by atoms with van der Waals surface area (Å²) in [5.74, 6) is 0. The fourth-order valence-electron chi connectivity index (χ4n) is 0.790. The predicted octanol–water partition coefficient (Wildman–Crippen LogP) is 3.25. The second-order valence-electron chi connectivity index (χ2n) is 1.91. The van der Waals surface area contributed by atoms with Gasteiger partial charge in [0.15, 0.2) is 0 Å². The Morgan fingerprint density at radius 2 is 2.27 bits per heavy atom. The van der Waals surface area contributed by atoms with Crippen LogP contribution in [0.4, 0.5) is 8.78 Å². The molecule has 0 aromatic carbocycles. The minimum absolute atomic E-state index is 0.483. The molecule has 60 valence electrons. The van der Waals surface area contributed by atoms with E-state index < -0.39 is 6.55 Å². The summed E-state index contributed by atoms with van der Waals surface area (Å²) in [6, 6.07) is 3.19. The number of alkyl halides is 2. The van der Waals surface area contributed by atoms with Gasteiger partial charge in [-0.25, -0.2) is 0 Å². The molecule has 0 N–H and O–H groups in total. The van der Waals surface area contributed by atoms with Crippen molar-refractivity contribution in [3.8, 4) is 0 Å². The van der Waals surface area contributed by atoms with Gasteiger partial charge in [-0.3, -0.25) is 4.57 Å². The fraction of sp³-hybridized carbons (Fsp3) is 0.143. The fourth-order valence-corrected chi connectivity index (χ4v) is 1.06. The molecule has 0 unspecified atom stereocenters. The number of aromatic nitrogens is 1. The van der Waals surface area contributed by atoms with Crippen LogP contribution in [-0.2, 0) is 0 Å². The molecule has 0 saturated carbocycles. The molecule has 1 aromatic heterocycles. The van der Waals surface area contributed by atoms with E-state index in [0.29, 0.717) is 5.69 Å². The normalized spacial score (nSPS) is 11.6. The van der Waals surface area contributed by atoms with Crippen molar-refractivity contribution in [1.82, 2.24) is 4.57 Å². The molecule has 0 aliphatic heterocycles. The molecule has 1 aromatic rings. The molecule has 0 saturated heterocycles. The molecule has 0 atom stereocenters. The maximum absolute atomic E-state index is 12.1. The Morgan fingerprint density at radius 1 is 1.55 bits per heavy atom. The third-order valence-corrected chi connectivity index (χ3v) is 1.52. The van der Waals surface area contributed by atoms with E-state index in [-0.39, 0.29) is 0 Å². The van der Waals surface area contributed by atoms with Crippen molar-refractivity contribution in [2.24, 2.45) is 0 Å². The highest BCUT2D eigenvalue weighted by atomic mass is 79.9. The molecule has 4 heteroatoms. The highest BCUT2D eigenvalue weighted by molar-refractivity contribution is 9.11. The lowest BCUT2D eigenvalue weighted by atomic mass is 10.4. The van der Waals surface area contributed by atoms with Crippen LogP contribution < -0.4 is 0 Å². The topological polar surface area (TPSA) is 4.93 Å². The third kappa shape index (κ3) is 1.89. The first kappa shape index (κ1) is 8.46. The summed E-state index contributed by atoms with van der Waals surface area (Å²) in [4.78, 5) is 1.54. The molecular weight excluding hydrogens is 216 g/mol. The second-order valence-corrected chi connectivity index (χ2v) is 2.44. The third-order valence-electron chi connectivity index (χ3n) is 1.26. The van der Waals surface area contributed by atoms with Crippen LogP contribution in [-0.4, -0.2) is 4.57 Å². The summed E-state index contributed by atoms with van der Waals surface area (Å²) in [5.41, 5.74) is 0.483. The zero-order chi connectivity index (χ0) is 8.27. The minimum Gasteiger partial charge on any atom is -0.292 e. The number of hydrogen-bond acceptors (Lipinski definition) is 0. The Bertz CT molecular complexity index is 255. The van der Waals surface area contributed by atoms with E-state index in [1.807, 2.05) is 0 Å². The Labute approximate surface area is 71.5 Å². The van der Waals surface area contributed by atoms with Crippen LogP contribution in [0.1, 0.15) is 12.2 Å². The van der Waals surface area contributed by atoms with Crippen molar-refractivity contribution in [2.75, 3.05) is 0 Å². The molecule has 0 fully saturated rings. The zero-order valence-corrected chi connectivity index (χ0v) is 7.13. The molecule has 1 rings (SSSR count). The van der Waals surface area contributed by atoms with E-state index in [1.165, 1.54) is 6.20 Å². The maximum atomic E-state index is 12.1. The molecule has 0 aliphatic carbocycles. The number of halogens is 3. The van der Waals surface area contributed by atoms with Crippen LogP contribution in [0.5, 0.6) is 0 Å². The molecule has 0 bridgehead atoms. The average molecular weight is 222 g/mol. The summed E-state index contributed by atoms with van der Waals surface area (Å²) < 4.78 is 25.1. The van der Waals surface area contributed by atoms with Gasteiger partial charge in [0.2, 0.25) is 0 Å². The van der Waals surface area contributed by atoms with Gasteiger partial charge in [-0.1, -0.05) is 15.9 Å². The lowest BCUT2D eigenvalue weighted by Crippen LogP contribution is -1.97. The van der Waals surface area contributed by atoms with Gasteiger partial charge in [0.1, 0.15) is 0 Å². The van der Waals surface area contributed by atoms with Crippen molar-refractivity contribution >= 4 is 22.0 Å². The van der Waals surface area contributed by atoms with Crippen LogP contribution in [0.2, 0.25) is 0 Å². The second kappa shape index (κ2) is 3.67. The number of hydrogen-bond donors (Lipinski definition) is 0. The Kier molecular flexibility index (Phi) is 2.82. The molecule has 0 radical (unpaired) electrons. The van der Waals surface area contributed by atoms with Crippen molar-refractivity contribution in [2.45, 2.75) is 6.55 Å². The summed E-state index contributed by atoms with van der Waals surface area (Å²) >= 11 is 3.02. The van der Waals surface area contributed by atoms with Gasteiger partial charge in [0, 0.05) is 11.9 Å². The van der Waals surface area contributed by atoms with E-state index in [9.17, 15) is 8.78 Å². The zero-order valence-electron chi connectivity index (χ0n) is 5.55. The lowest BCUT2D eigenvalue weighted by Gasteiger charge is -2.02. The smallest absolute Gasteiger partial charge is 0.292 e. The molecule has 1 heterocycles. The van der Waals surface area contributed by atoms with E-state index in [0.717, 1.165) is 4.57 Å². The van der Waals surface area contributed by atoms with Crippen molar-refractivity contribution in [3.05, 3.63) is 29.0 Å². The monoisotopic (exact) mass is 221 g/mol. The van der Waals surface area contributed by atoms with Crippen LogP contribution >= 0.6 is 15.9 Å². The van der Waals surface area contributed by atoms with Gasteiger partial charge < -0.3 is 0 Å². The summed E-state index contributed by atoms with van der Waals surface area (Å²) in [6.07, 6.45) is 2.90. The molecule has 0 amide bonds. The van der Waals surface area contributed by atoms with Crippen molar-refractivity contribution < 1.29 is 8.78 Å². The Morgan fingerprint density at radius 3 is 2.82 bits per heavy atom. The predicted molar refractivity (Wildman–Crippen MR) is 43.6 cm³/mol. The number of rotatable bonds is 2. The number of nitrogens with zero attached hydrogens (tertiary/aromatic N) is 1. The van der Waals surface area contributed by atoms with E-state index >= 15 is 0 Å². The highest BCUT2D eigenvalue weighted by Crippen LogP contribution is 2.15. The van der Waals surface area contributed by atoms with Gasteiger partial charge in [-0.15, -0.1) is 0 Å². The Hall–Kier alpha value is -0.640. The van der Waals surface area contributed by atoms with Crippen LogP contribution in [0, 0.1) is 0 Å². The standard InChI is InChI=1S/C7H6BrF2N/c8-4-3-6-2-1-5-11(6)7(9)10/h1-5,7H/b4-3+. The van der Waals surface area contributed by atoms with Crippen LogP contribution in [0.15, 0.2) is 23.3 Å². The first-order chi connectivity index (χ1) is 5.25. The quantitative estimate of drug-likeness (QED) is 0.723. The maximum Gasteiger partial charge on any atom is 0.318 e. The van der Waals surface area contributed by atoms with Gasteiger partial charge in [0.05, 0.1) is 0 Å². The molecule has 11 heavy (non-hydrogen) atoms. The molecule has 0 spiro atoms. The van der Waals surface area contributed by atoms with Crippen LogP contribution in [0.3, 0.4) is 0 Å². The first-order valence-electron chi connectivity index (χ1n) is 2.97. The Balaban J connectivity index is 2.96. The van der Waals surface area contributed by atoms with Gasteiger partial charge >= 0.3 is 6.55 Å². The summed E-state index contributed by atoms with van der Waals surface area (Å²) in [7, 11) is 0. The van der Waals surface area contributed by atoms with E-state index in [4.69, 9.17) is 0 Å². The van der Waals surface area contributed by atoms with E-state index in [1.54, 1.807) is 23.2 Å². The largest absolute Gasteiger partial charge is 0.318 e. The minimum atomic E-state index is -2.47. The molecule has 0 aliphatic rings.